The smallest absolute Gasteiger partial charge is 0.231 e. The molecular weight excluding hydrogens is 414 g/mol. The largest absolute Gasteiger partial charge is 0.367 e. The average molecular weight is 444 g/mol. The van der Waals surface area contributed by atoms with Crippen LogP contribution in [0.5, 0.6) is 0 Å². The minimum atomic E-state index is -0.233. The van der Waals surface area contributed by atoms with E-state index in [1.54, 1.807) is 6.33 Å². The molecule has 0 saturated carbocycles. The van der Waals surface area contributed by atoms with Gasteiger partial charge in [-0.05, 0) is 24.6 Å². The van der Waals surface area contributed by atoms with Crippen LogP contribution in [0.25, 0.3) is 0 Å². The van der Waals surface area contributed by atoms with E-state index in [1.165, 1.54) is 0 Å². The van der Waals surface area contributed by atoms with Crippen molar-refractivity contribution >= 4 is 23.3 Å². The van der Waals surface area contributed by atoms with Crippen molar-refractivity contribution in [3.63, 3.8) is 0 Å². The van der Waals surface area contributed by atoms with Gasteiger partial charge in [0.15, 0.2) is 0 Å². The van der Waals surface area contributed by atoms with Crippen LogP contribution in [-0.4, -0.2) is 59.5 Å². The number of ether oxygens (including phenoxy) is 1. The van der Waals surface area contributed by atoms with Crippen molar-refractivity contribution in [2.24, 2.45) is 0 Å². The van der Waals surface area contributed by atoms with Crippen LogP contribution in [0.15, 0.2) is 30.6 Å². The molecular formula is C23H30ClN5O2. The molecule has 31 heavy (non-hydrogen) atoms. The number of hydrogen-bond acceptors (Lipinski definition) is 6. The molecule has 1 saturated heterocycles. The van der Waals surface area contributed by atoms with E-state index >= 15 is 0 Å². The van der Waals surface area contributed by atoms with E-state index in [1.807, 2.05) is 36.1 Å². The second kappa shape index (κ2) is 9.51. The molecule has 1 fully saturated rings. The number of halogens is 1. The van der Waals surface area contributed by atoms with Gasteiger partial charge in [0, 0.05) is 49.4 Å². The number of carbonyl (C=O) groups excluding carboxylic acids is 1. The predicted molar refractivity (Wildman–Crippen MR) is 121 cm³/mol. The Morgan fingerprint density at radius 3 is 2.58 bits per heavy atom. The maximum Gasteiger partial charge on any atom is 0.231 e. The zero-order chi connectivity index (χ0) is 22.0. The molecule has 3 heterocycles. The van der Waals surface area contributed by atoms with Crippen molar-refractivity contribution in [2.75, 3.05) is 37.6 Å². The Bertz CT molecular complexity index is 913. The second-order valence-corrected chi connectivity index (χ2v) is 8.93. The summed E-state index contributed by atoms with van der Waals surface area (Å²) in [5.41, 5.74) is 3.05. The lowest BCUT2D eigenvalue weighted by Crippen LogP contribution is -2.51. The summed E-state index contributed by atoms with van der Waals surface area (Å²) < 4.78 is 5.74. The number of hydrogen-bond donors (Lipinski definition) is 1. The van der Waals surface area contributed by atoms with Crippen LogP contribution >= 0.6 is 11.6 Å². The number of aromatic nitrogens is 2. The first-order valence-corrected chi connectivity index (χ1v) is 11.3. The van der Waals surface area contributed by atoms with Gasteiger partial charge in [0.2, 0.25) is 5.91 Å². The van der Waals surface area contributed by atoms with E-state index in [0.717, 1.165) is 35.7 Å². The van der Waals surface area contributed by atoms with E-state index < -0.39 is 0 Å². The molecule has 1 aromatic heterocycles. The van der Waals surface area contributed by atoms with Gasteiger partial charge in [0.05, 0.1) is 24.3 Å². The molecule has 2 atom stereocenters. The van der Waals surface area contributed by atoms with E-state index in [4.69, 9.17) is 16.3 Å². The van der Waals surface area contributed by atoms with Gasteiger partial charge in [0.25, 0.3) is 0 Å². The number of carbonyl (C=O) groups is 1. The van der Waals surface area contributed by atoms with Crippen LogP contribution in [0.4, 0.5) is 5.82 Å². The Kier molecular flexibility index (Phi) is 6.74. The molecule has 2 aliphatic rings. The number of amides is 1. The fraction of sp³-hybridized carbons (Fsp3) is 0.522. The van der Waals surface area contributed by atoms with Gasteiger partial charge >= 0.3 is 0 Å². The van der Waals surface area contributed by atoms with Gasteiger partial charge in [0.1, 0.15) is 12.1 Å². The van der Waals surface area contributed by atoms with E-state index in [-0.39, 0.29) is 17.9 Å². The molecule has 0 spiro atoms. The average Bonchev–Trinajstić information content (AvgIpc) is 3.16. The standard InChI is InChI=1S/C23H30ClN5O2/c1-15(2)25-12-19(17-4-6-18(24)7-5-17)23(30)29-10-8-28(9-11-29)22-21-16(3)31-13-20(21)26-14-27-22/h4-7,14-16,19,25H,8-13H2,1-3H3/t16-,19?/m0/s1. The zero-order valence-electron chi connectivity index (χ0n) is 18.3. The van der Waals surface area contributed by atoms with Gasteiger partial charge in [-0.2, -0.15) is 0 Å². The van der Waals surface area contributed by atoms with Crippen LogP contribution < -0.4 is 10.2 Å². The maximum atomic E-state index is 13.5. The number of fused-ring (bicyclic) bond motifs is 1. The second-order valence-electron chi connectivity index (χ2n) is 8.49. The Morgan fingerprint density at radius 1 is 1.19 bits per heavy atom. The van der Waals surface area contributed by atoms with Crippen molar-refractivity contribution in [1.29, 1.82) is 0 Å². The first-order chi connectivity index (χ1) is 14.9. The minimum Gasteiger partial charge on any atom is -0.367 e. The summed E-state index contributed by atoms with van der Waals surface area (Å²) in [6.45, 7) is 10.2. The third-order valence-electron chi connectivity index (χ3n) is 6.01. The highest BCUT2D eigenvalue weighted by molar-refractivity contribution is 6.30. The molecule has 1 aromatic carbocycles. The van der Waals surface area contributed by atoms with Crippen molar-refractivity contribution in [3.05, 3.63) is 52.4 Å². The molecule has 1 unspecified atom stereocenters. The van der Waals surface area contributed by atoms with E-state index in [0.29, 0.717) is 37.3 Å². The summed E-state index contributed by atoms with van der Waals surface area (Å²) in [7, 11) is 0. The molecule has 1 N–H and O–H groups in total. The van der Waals surface area contributed by atoms with Crippen molar-refractivity contribution < 1.29 is 9.53 Å². The van der Waals surface area contributed by atoms with Crippen molar-refractivity contribution in [2.45, 2.75) is 45.4 Å². The predicted octanol–water partition coefficient (Wildman–Crippen LogP) is 3.15. The fourth-order valence-corrected chi connectivity index (χ4v) is 4.37. The zero-order valence-corrected chi connectivity index (χ0v) is 19.1. The Morgan fingerprint density at radius 2 is 1.90 bits per heavy atom. The molecule has 1 amide bonds. The number of nitrogens with one attached hydrogen (secondary N) is 1. The van der Waals surface area contributed by atoms with Crippen molar-refractivity contribution in [1.82, 2.24) is 20.2 Å². The summed E-state index contributed by atoms with van der Waals surface area (Å²) in [6, 6.07) is 7.92. The first-order valence-electron chi connectivity index (χ1n) is 10.9. The number of piperazine rings is 1. The van der Waals surface area contributed by atoms with Crippen LogP contribution in [0.1, 0.15) is 49.6 Å². The number of rotatable bonds is 6. The molecule has 0 bridgehead atoms. The van der Waals surface area contributed by atoms with Crippen LogP contribution in [0.3, 0.4) is 0 Å². The summed E-state index contributed by atoms with van der Waals surface area (Å²) in [5, 5.41) is 4.10. The Hall–Kier alpha value is -2.22. The number of nitrogens with zero attached hydrogens (tertiary/aromatic N) is 4. The third-order valence-corrected chi connectivity index (χ3v) is 6.27. The lowest BCUT2D eigenvalue weighted by molar-refractivity contribution is -0.133. The molecule has 8 heteroatoms. The molecule has 166 valence electrons. The minimum absolute atomic E-state index is 0.00209. The van der Waals surface area contributed by atoms with Gasteiger partial charge in [-0.15, -0.1) is 0 Å². The normalized spacial score (nSPS) is 19.6. The summed E-state index contributed by atoms with van der Waals surface area (Å²) >= 11 is 6.06. The topological polar surface area (TPSA) is 70.6 Å². The highest BCUT2D eigenvalue weighted by Gasteiger charge is 2.32. The molecule has 0 radical (unpaired) electrons. The quantitative estimate of drug-likeness (QED) is 0.739. The number of benzene rings is 1. The molecule has 2 aromatic rings. The summed E-state index contributed by atoms with van der Waals surface area (Å²) in [5.74, 6) is 0.862. The highest BCUT2D eigenvalue weighted by atomic mass is 35.5. The Labute approximate surface area is 188 Å². The van der Waals surface area contributed by atoms with Gasteiger partial charge in [-0.25, -0.2) is 9.97 Å². The van der Waals surface area contributed by atoms with E-state index in [2.05, 4.69) is 34.0 Å². The molecule has 4 rings (SSSR count). The molecule has 0 aliphatic carbocycles. The Balaban J connectivity index is 1.46. The summed E-state index contributed by atoms with van der Waals surface area (Å²) in [6.07, 6.45) is 1.61. The van der Waals surface area contributed by atoms with Gasteiger partial charge in [-0.3, -0.25) is 4.79 Å². The highest BCUT2D eigenvalue weighted by Crippen LogP contribution is 2.35. The van der Waals surface area contributed by atoms with E-state index in [9.17, 15) is 4.79 Å². The lowest BCUT2D eigenvalue weighted by Gasteiger charge is -2.38. The van der Waals surface area contributed by atoms with Gasteiger partial charge in [-0.1, -0.05) is 37.6 Å². The fourth-order valence-electron chi connectivity index (χ4n) is 4.25. The SMILES string of the molecule is CC(C)NCC(C(=O)N1CCN(c2ncnc3c2[C@H](C)OC3)CC1)c1ccc(Cl)cc1. The maximum absolute atomic E-state index is 13.5. The molecule has 7 nitrogen and oxygen atoms in total. The van der Waals surface area contributed by atoms with Gasteiger partial charge < -0.3 is 19.9 Å². The van der Waals surface area contributed by atoms with Crippen molar-refractivity contribution in [3.8, 4) is 0 Å². The first kappa shape index (κ1) is 22.0. The monoisotopic (exact) mass is 443 g/mol. The number of anilines is 1. The van der Waals surface area contributed by atoms with Crippen LogP contribution in [0.2, 0.25) is 5.02 Å². The molecule has 2 aliphatic heterocycles. The summed E-state index contributed by atoms with van der Waals surface area (Å²) in [4.78, 5) is 26.6. The third kappa shape index (κ3) is 4.84. The van der Waals surface area contributed by atoms with Crippen LogP contribution in [-0.2, 0) is 16.1 Å². The lowest BCUT2D eigenvalue weighted by atomic mass is 9.96. The van der Waals surface area contributed by atoms with Crippen LogP contribution in [0, 0.1) is 0 Å².